The van der Waals surface area contributed by atoms with Gasteiger partial charge in [0.1, 0.15) is 5.75 Å². The topological polar surface area (TPSA) is 58.8 Å². The molecule has 34 heavy (non-hydrogen) atoms. The number of alkyl halides is 3. The minimum atomic E-state index is -4.70. The van der Waals surface area contributed by atoms with Crippen molar-refractivity contribution in [2.45, 2.75) is 25.7 Å². The van der Waals surface area contributed by atoms with Crippen LogP contribution in [0.3, 0.4) is 0 Å². The van der Waals surface area contributed by atoms with Crippen LogP contribution in [0.25, 0.3) is 11.3 Å². The summed E-state index contributed by atoms with van der Waals surface area (Å²) in [6, 6.07) is 13.2. The lowest BCUT2D eigenvalue weighted by Crippen LogP contribution is -2.48. The van der Waals surface area contributed by atoms with E-state index in [1.54, 1.807) is 24.4 Å². The molecule has 1 amide bonds. The minimum Gasteiger partial charge on any atom is -0.441 e. The van der Waals surface area contributed by atoms with E-state index in [4.69, 9.17) is 16.0 Å². The first kappa shape index (κ1) is 24.1. The van der Waals surface area contributed by atoms with E-state index in [0.717, 1.165) is 11.1 Å². The monoisotopic (exact) mass is 493 g/mol. The number of ether oxygens (including phenoxy) is 1. The molecule has 0 unspecified atom stereocenters. The van der Waals surface area contributed by atoms with Crippen molar-refractivity contribution in [3.05, 3.63) is 71.2 Å². The smallest absolute Gasteiger partial charge is 0.441 e. The molecule has 180 valence electrons. The predicted octanol–water partition coefficient (Wildman–Crippen LogP) is 5.17. The maximum absolute atomic E-state index is 12.6. The van der Waals surface area contributed by atoms with Crippen molar-refractivity contribution in [1.29, 1.82) is 0 Å². The third-order valence-corrected chi connectivity index (χ3v) is 5.86. The molecule has 0 atom stereocenters. The van der Waals surface area contributed by atoms with Gasteiger partial charge in [-0.3, -0.25) is 9.69 Å². The van der Waals surface area contributed by atoms with Crippen molar-refractivity contribution in [2.24, 2.45) is 0 Å². The Morgan fingerprint density at radius 2 is 1.76 bits per heavy atom. The van der Waals surface area contributed by atoms with Gasteiger partial charge < -0.3 is 14.1 Å². The number of oxazole rings is 1. The van der Waals surface area contributed by atoms with Gasteiger partial charge in [0.15, 0.2) is 11.7 Å². The highest BCUT2D eigenvalue weighted by Gasteiger charge is 2.31. The van der Waals surface area contributed by atoms with Gasteiger partial charge >= 0.3 is 6.36 Å². The molecule has 0 saturated carbocycles. The molecule has 1 saturated heterocycles. The molecule has 2 aromatic carbocycles. The Morgan fingerprint density at radius 1 is 1.06 bits per heavy atom. The molecule has 0 N–H and O–H groups in total. The van der Waals surface area contributed by atoms with Crippen LogP contribution >= 0.6 is 11.6 Å². The molecule has 0 spiro atoms. The van der Waals surface area contributed by atoms with Gasteiger partial charge in [-0.15, -0.1) is 13.2 Å². The Labute approximate surface area is 199 Å². The lowest BCUT2D eigenvalue weighted by molar-refractivity contribution is -0.274. The molecule has 0 bridgehead atoms. The first-order valence-corrected chi connectivity index (χ1v) is 11.2. The van der Waals surface area contributed by atoms with Gasteiger partial charge in [-0.25, -0.2) is 4.98 Å². The largest absolute Gasteiger partial charge is 0.573 e. The van der Waals surface area contributed by atoms with Crippen molar-refractivity contribution in [3.8, 4) is 17.1 Å². The van der Waals surface area contributed by atoms with E-state index < -0.39 is 6.36 Å². The fourth-order valence-corrected chi connectivity index (χ4v) is 4.02. The van der Waals surface area contributed by atoms with Crippen LogP contribution in [0.15, 0.2) is 59.1 Å². The highest BCUT2D eigenvalue weighted by Crippen LogP contribution is 2.28. The second kappa shape index (κ2) is 10.5. The first-order chi connectivity index (χ1) is 16.3. The zero-order chi connectivity index (χ0) is 24.1. The standard InChI is InChI=1S/C24H23ClF3N3O3/c25-20-4-2-1-3-19(20)21-15-29-22(33-21)9-10-23(32)31-13-11-30(12-14-31)16-17-5-7-18(8-6-17)34-24(26,27)28/h1-8,15H,9-14,16H2. The number of amides is 1. The highest BCUT2D eigenvalue weighted by molar-refractivity contribution is 6.33. The maximum Gasteiger partial charge on any atom is 0.573 e. The Kier molecular flexibility index (Phi) is 7.43. The SMILES string of the molecule is O=C(CCc1ncc(-c2ccccc2Cl)o1)N1CCN(Cc2ccc(OC(F)(F)F)cc2)CC1. The van der Waals surface area contributed by atoms with Crippen LogP contribution in [-0.4, -0.2) is 53.2 Å². The lowest BCUT2D eigenvalue weighted by Gasteiger charge is -2.34. The summed E-state index contributed by atoms with van der Waals surface area (Å²) in [5.41, 5.74) is 1.64. The lowest BCUT2D eigenvalue weighted by atomic mass is 10.2. The van der Waals surface area contributed by atoms with Crippen LogP contribution in [-0.2, 0) is 17.8 Å². The molecular weight excluding hydrogens is 471 g/mol. The number of rotatable bonds is 7. The average Bonchev–Trinajstić information content (AvgIpc) is 3.27. The summed E-state index contributed by atoms with van der Waals surface area (Å²) in [6.45, 7) is 3.13. The summed E-state index contributed by atoms with van der Waals surface area (Å²) in [5.74, 6) is 0.849. The quantitative estimate of drug-likeness (QED) is 0.454. The van der Waals surface area contributed by atoms with Gasteiger partial charge in [0.05, 0.1) is 11.2 Å². The van der Waals surface area contributed by atoms with E-state index in [1.807, 2.05) is 23.1 Å². The fourth-order valence-electron chi connectivity index (χ4n) is 3.79. The van der Waals surface area contributed by atoms with Crippen LogP contribution in [0, 0.1) is 0 Å². The van der Waals surface area contributed by atoms with E-state index in [9.17, 15) is 18.0 Å². The summed E-state index contributed by atoms with van der Waals surface area (Å²) in [7, 11) is 0. The van der Waals surface area contributed by atoms with Gasteiger partial charge in [0.25, 0.3) is 0 Å². The van der Waals surface area contributed by atoms with Crippen molar-refractivity contribution in [3.63, 3.8) is 0 Å². The number of carbonyl (C=O) groups is 1. The second-order valence-corrected chi connectivity index (χ2v) is 8.35. The molecule has 1 aromatic heterocycles. The Morgan fingerprint density at radius 3 is 2.44 bits per heavy atom. The summed E-state index contributed by atoms with van der Waals surface area (Å²) >= 11 is 6.19. The third-order valence-electron chi connectivity index (χ3n) is 5.53. The van der Waals surface area contributed by atoms with Gasteiger partial charge in [-0.1, -0.05) is 35.9 Å². The van der Waals surface area contributed by atoms with Gasteiger partial charge in [0.2, 0.25) is 5.91 Å². The van der Waals surface area contributed by atoms with Crippen LogP contribution in [0.4, 0.5) is 13.2 Å². The molecule has 10 heteroatoms. The zero-order valence-electron chi connectivity index (χ0n) is 18.2. The molecule has 3 aromatic rings. The Hall–Kier alpha value is -3.04. The van der Waals surface area contributed by atoms with Crippen molar-refractivity contribution >= 4 is 17.5 Å². The Balaban J connectivity index is 1.22. The summed E-state index contributed by atoms with van der Waals surface area (Å²) in [6.07, 6.45) is -2.39. The molecule has 0 aliphatic carbocycles. The van der Waals surface area contributed by atoms with Gasteiger partial charge in [-0.2, -0.15) is 0 Å². The Bertz CT molecular complexity index is 1110. The summed E-state index contributed by atoms with van der Waals surface area (Å²) in [5, 5.41) is 0.574. The average molecular weight is 494 g/mol. The number of aryl methyl sites for hydroxylation is 1. The molecule has 1 aliphatic heterocycles. The third kappa shape index (κ3) is 6.51. The van der Waals surface area contributed by atoms with E-state index in [-0.39, 0.29) is 11.7 Å². The van der Waals surface area contributed by atoms with Crippen LogP contribution in [0.2, 0.25) is 5.02 Å². The molecule has 1 fully saturated rings. The van der Waals surface area contributed by atoms with Crippen molar-refractivity contribution in [1.82, 2.24) is 14.8 Å². The number of hydrogen-bond donors (Lipinski definition) is 0. The van der Waals surface area contributed by atoms with Crippen LogP contribution < -0.4 is 4.74 Å². The number of halogens is 4. The van der Waals surface area contributed by atoms with Gasteiger partial charge in [0, 0.05) is 51.1 Å². The number of nitrogens with zero attached hydrogens (tertiary/aromatic N) is 3. The number of carbonyl (C=O) groups excluding carboxylic acids is 1. The molecule has 1 aliphatic rings. The maximum atomic E-state index is 12.6. The number of benzene rings is 2. The number of piperazine rings is 1. The molecule has 4 rings (SSSR count). The highest BCUT2D eigenvalue weighted by atomic mass is 35.5. The molecular formula is C24H23ClF3N3O3. The van der Waals surface area contributed by atoms with Crippen LogP contribution in [0.5, 0.6) is 5.75 Å². The number of hydrogen-bond acceptors (Lipinski definition) is 5. The minimum absolute atomic E-state index is 0.0331. The molecule has 0 radical (unpaired) electrons. The van der Waals surface area contributed by atoms with Crippen molar-refractivity contribution in [2.75, 3.05) is 26.2 Å². The number of aromatic nitrogens is 1. The van der Waals surface area contributed by atoms with E-state index in [2.05, 4.69) is 14.6 Å². The van der Waals surface area contributed by atoms with Crippen LogP contribution in [0.1, 0.15) is 17.9 Å². The molecule has 6 nitrogen and oxygen atoms in total. The summed E-state index contributed by atoms with van der Waals surface area (Å²) in [4.78, 5) is 20.9. The van der Waals surface area contributed by atoms with Crippen molar-refractivity contribution < 1.29 is 27.1 Å². The predicted molar refractivity (Wildman–Crippen MR) is 120 cm³/mol. The fraction of sp³-hybridized carbons (Fsp3) is 0.333. The molecule has 2 heterocycles. The van der Waals surface area contributed by atoms with E-state index in [0.29, 0.717) is 62.2 Å². The van der Waals surface area contributed by atoms with E-state index in [1.165, 1.54) is 12.1 Å². The van der Waals surface area contributed by atoms with Gasteiger partial charge in [-0.05, 0) is 29.8 Å². The zero-order valence-corrected chi connectivity index (χ0v) is 19.0. The normalized spacial score (nSPS) is 14.9. The van der Waals surface area contributed by atoms with E-state index >= 15 is 0 Å². The summed E-state index contributed by atoms with van der Waals surface area (Å²) < 4.78 is 46.5. The second-order valence-electron chi connectivity index (χ2n) is 7.95. The first-order valence-electron chi connectivity index (χ1n) is 10.8.